The molecule has 0 spiro atoms. The van der Waals surface area contributed by atoms with E-state index in [0.717, 1.165) is 34.5 Å². The van der Waals surface area contributed by atoms with E-state index >= 15 is 0 Å². The van der Waals surface area contributed by atoms with Crippen LogP contribution in [0.25, 0.3) is 5.65 Å². The van der Waals surface area contributed by atoms with Gasteiger partial charge in [-0.05, 0) is 26.0 Å². The molecule has 0 saturated heterocycles. The van der Waals surface area contributed by atoms with E-state index in [1.165, 1.54) is 0 Å². The third-order valence-corrected chi connectivity index (χ3v) is 3.79. The lowest BCUT2D eigenvalue weighted by molar-refractivity contribution is 0.815. The molecule has 0 radical (unpaired) electrons. The normalized spacial score (nSPS) is 11.1. The SMILES string of the molecule is Cc1csc(CN(C)c2ccc3nnc(C)n3n2)n1. The number of nitrogens with zero attached hydrogens (tertiary/aromatic N) is 6. The fourth-order valence-corrected chi connectivity index (χ4v) is 2.67. The van der Waals surface area contributed by atoms with Crippen LogP contribution in [0.1, 0.15) is 16.5 Å². The van der Waals surface area contributed by atoms with Crippen LogP contribution in [0.3, 0.4) is 0 Å². The second-order valence-corrected chi connectivity index (χ2v) is 5.39. The molecule has 0 aliphatic carbocycles. The van der Waals surface area contributed by atoms with Gasteiger partial charge in [0.15, 0.2) is 11.5 Å². The highest BCUT2D eigenvalue weighted by Crippen LogP contribution is 2.16. The highest BCUT2D eigenvalue weighted by molar-refractivity contribution is 7.09. The molecule has 0 amide bonds. The van der Waals surface area contributed by atoms with Gasteiger partial charge in [0.25, 0.3) is 0 Å². The number of anilines is 1. The standard InChI is InChI=1S/C12H14N6S/c1-8-7-19-12(13-8)6-17(3)11-5-4-10-15-14-9(2)18(10)16-11/h4-5,7H,6H2,1-3H3. The third kappa shape index (κ3) is 2.28. The molecule has 0 atom stereocenters. The van der Waals surface area contributed by atoms with E-state index in [-0.39, 0.29) is 0 Å². The summed E-state index contributed by atoms with van der Waals surface area (Å²) in [6, 6.07) is 3.87. The van der Waals surface area contributed by atoms with Crippen LogP contribution in [0, 0.1) is 13.8 Å². The fraction of sp³-hybridized carbons (Fsp3) is 0.333. The van der Waals surface area contributed by atoms with Gasteiger partial charge in [-0.1, -0.05) is 0 Å². The molecule has 0 aliphatic rings. The summed E-state index contributed by atoms with van der Waals surface area (Å²) in [4.78, 5) is 6.53. The number of hydrogen-bond acceptors (Lipinski definition) is 6. The van der Waals surface area contributed by atoms with Crippen LogP contribution in [0.5, 0.6) is 0 Å². The van der Waals surface area contributed by atoms with Crippen molar-refractivity contribution in [1.29, 1.82) is 0 Å². The topological polar surface area (TPSA) is 59.2 Å². The zero-order chi connectivity index (χ0) is 13.4. The molecule has 3 aromatic heterocycles. The van der Waals surface area contributed by atoms with Crippen LogP contribution in [0.15, 0.2) is 17.5 Å². The lowest BCUT2D eigenvalue weighted by atomic mass is 10.4. The van der Waals surface area contributed by atoms with Gasteiger partial charge in [-0.15, -0.1) is 26.6 Å². The van der Waals surface area contributed by atoms with E-state index in [2.05, 4.69) is 30.6 Å². The predicted molar refractivity (Wildman–Crippen MR) is 74.5 cm³/mol. The van der Waals surface area contributed by atoms with E-state index in [1.54, 1.807) is 15.9 Å². The number of aryl methyl sites for hydroxylation is 2. The zero-order valence-corrected chi connectivity index (χ0v) is 11.8. The molecule has 0 aliphatic heterocycles. The summed E-state index contributed by atoms with van der Waals surface area (Å²) in [6.45, 7) is 4.64. The van der Waals surface area contributed by atoms with E-state index in [9.17, 15) is 0 Å². The molecule has 3 aromatic rings. The Morgan fingerprint density at radius 3 is 2.84 bits per heavy atom. The van der Waals surface area contributed by atoms with Gasteiger partial charge in [-0.3, -0.25) is 0 Å². The van der Waals surface area contributed by atoms with Crippen molar-refractivity contribution in [2.45, 2.75) is 20.4 Å². The molecule has 19 heavy (non-hydrogen) atoms. The molecule has 3 heterocycles. The Hall–Kier alpha value is -2.02. The average molecular weight is 274 g/mol. The van der Waals surface area contributed by atoms with Crippen LogP contribution < -0.4 is 4.90 Å². The maximum absolute atomic E-state index is 4.53. The molecular weight excluding hydrogens is 260 g/mol. The first-order valence-corrected chi connectivity index (χ1v) is 6.82. The highest BCUT2D eigenvalue weighted by Gasteiger charge is 2.09. The molecule has 0 fully saturated rings. The number of thiazole rings is 1. The number of hydrogen-bond donors (Lipinski definition) is 0. The number of aromatic nitrogens is 5. The minimum atomic E-state index is 0.748. The minimum Gasteiger partial charge on any atom is -0.351 e. The minimum absolute atomic E-state index is 0.748. The van der Waals surface area contributed by atoms with Crippen molar-refractivity contribution >= 4 is 22.8 Å². The van der Waals surface area contributed by atoms with Gasteiger partial charge in [0.05, 0.1) is 6.54 Å². The van der Waals surface area contributed by atoms with Crippen LogP contribution in [0.2, 0.25) is 0 Å². The van der Waals surface area contributed by atoms with Crippen molar-refractivity contribution in [3.8, 4) is 0 Å². The molecular formula is C12H14N6S. The fourth-order valence-electron chi connectivity index (χ4n) is 1.85. The van der Waals surface area contributed by atoms with Crippen LogP contribution in [-0.2, 0) is 6.54 Å². The molecule has 6 nitrogen and oxygen atoms in total. The van der Waals surface area contributed by atoms with Crippen molar-refractivity contribution in [3.05, 3.63) is 34.0 Å². The van der Waals surface area contributed by atoms with Crippen molar-refractivity contribution in [3.63, 3.8) is 0 Å². The summed E-state index contributed by atoms with van der Waals surface area (Å²) >= 11 is 1.67. The lowest BCUT2D eigenvalue weighted by Crippen LogP contribution is -2.18. The van der Waals surface area contributed by atoms with Crippen molar-refractivity contribution in [2.75, 3.05) is 11.9 Å². The van der Waals surface area contributed by atoms with Crippen molar-refractivity contribution in [2.24, 2.45) is 0 Å². The Balaban J connectivity index is 1.88. The molecule has 0 N–H and O–H groups in total. The Bertz CT molecular complexity index is 716. The van der Waals surface area contributed by atoms with Crippen LogP contribution in [-0.4, -0.2) is 31.8 Å². The van der Waals surface area contributed by atoms with E-state index < -0.39 is 0 Å². The Kier molecular flexibility index (Phi) is 2.90. The molecule has 7 heteroatoms. The second-order valence-electron chi connectivity index (χ2n) is 4.45. The van der Waals surface area contributed by atoms with Gasteiger partial charge in [-0.2, -0.15) is 4.52 Å². The van der Waals surface area contributed by atoms with Gasteiger partial charge >= 0.3 is 0 Å². The summed E-state index contributed by atoms with van der Waals surface area (Å²) in [5.74, 6) is 1.67. The molecule has 0 saturated carbocycles. The van der Waals surface area contributed by atoms with Gasteiger partial charge < -0.3 is 4.90 Å². The Morgan fingerprint density at radius 1 is 1.26 bits per heavy atom. The average Bonchev–Trinajstić information content (AvgIpc) is 2.96. The van der Waals surface area contributed by atoms with Gasteiger partial charge in [0.2, 0.25) is 0 Å². The quantitative estimate of drug-likeness (QED) is 0.729. The molecule has 98 valence electrons. The largest absolute Gasteiger partial charge is 0.351 e. The summed E-state index contributed by atoms with van der Waals surface area (Å²) in [7, 11) is 2.00. The molecule has 0 aromatic carbocycles. The zero-order valence-electron chi connectivity index (χ0n) is 11.0. The molecule has 3 rings (SSSR count). The summed E-state index contributed by atoms with van der Waals surface area (Å²) in [6.07, 6.45) is 0. The maximum atomic E-state index is 4.53. The van der Waals surface area contributed by atoms with Gasteiger partial charge in [-0.25, -0.2) is 4.98 Å². The Morgan fingerprint density at radius 2 is 2.11 bits per heavy atom. The molecule has 0 bridgehead atoms. The van der Waals surface area contributed by atoms with E-state index in [0.29, 0.717) is 0 Å². The first kappa shape index (κ1) is 12.0. The van der Waals surface area contributed by atoms with Crippen LogP contribution >= 0.6 is 11.3 Å². The highest BCUT2D eigenvalue weighted by atomic mass is 32.1. The van der Waals surface area contributed by atoms with Crippen molar-refractivity contribution < 1.29 is 0 Å². The second kappa shape index (κ2) is 4.58. The number of fused-ring (bicyclic) bond motifs is 1. The summed E-state index contributed by atoms with van der Waals surface area (Å²) in [5, 5.41) is 15.7. The van der Waals surface area contributed by atoms with Crippen LogP contribution in [0.4, 0.5) is 5.82 Å². The van der Waals surface area contributed by atoms with Crippen molar-refractivity contribution in [1.82, 2.24) is 24.8 Å². The maximum Gasteiger partial charge on any atom is 0.178 e. The first-order chi connectivity index (χ1) is 9.13. The third-order valence-electron chi connectivity index (χ3n) is 2.83. The summed E-state index contributed by atoms with van der Waals surface area (Å²) < 4.78 is 1.75. The Labute approximate surface area is 114 Å². The first-order valence-electron chi connectivity index (χ1n) is 5.95. The smallest absolute Gasteiger partial charge is 0.178 e. The lowest BCUT2D eigenvalue weighted by Gasteiger charge is -2.16. The number of rotatable bonds is 3. The van der Waals surface area contributed by atoms with E-state index in [1.807, 2.05) is 33.0 Å². The molecule has 0 unspecified atom stereocenters. The summed E-state index contributed by atoms with van der Waals surface area (Å²) in [5.41, 5.74) is 1.83. The van der Waals surface area contributed by atoms with Gasteiger partial charge in [0, 0.05) is 18.1 Å². The van der Waals surface area contributed by atoms with E-state index in [4.69, 9.17) is 0 Å². The monoisotopic (exact) mass is 274 g/mol. The van der Waals surface area contributed by atoms with Gasteiger partial charge in [0.1, 0.15) is 10.8 Å². The predicted octanol–water partition coefficient (Wildman–Crippen LogP) is 1.83.